The normalized spacial score (nSPS) is 14.8. The zero-order chi connectivity index (χ0) is 20.6. The van der Waals surface area contributed by atoms with Crippen molar-refractivity contribution in [3.63, 3.8) is 0 Å². The molecule has 1 saturated heterocycles. The molecule has 2 heterocycles. The lowest BCUT2D eigenvalue weighted by molar-refractivity contribution is -0.122. The molecule has 1 aromatic heterocycles. The van der Waals surface area contributed by atoms with Crippen LogP contribution in [0.3, 0.4) is 0 Å². The van der Waals surface area contributed by atoms with Crippen molar-refractivity contribution in [2.75, 3.05) is 38.2 Å². The summed E-state index contributed by atoms with van der Waals surface area (Å²) >= 11 is 0. The molecule has 0 saturated carbocycles. The Kier molecular flexibility index (Phi) is 6.89. The highest BCUT2D eigenvalue weighted by Gasteiger charge is 2.24. The molecule has 0 unspecified atom stereocenters. The number of urea groups is 1. The number of hydrogen-bond donors (Lipinski definition) is 2. The van der Waals surface area contributed by atoms with Gasteiger partial charge in [0.1, 0.15) is 17.6 Å². The van der Waals surface area contributed by atoms with E-state index in [0.717, 1.165) is 17.1 Å². The smallest absolute Gasteiger partial charge is 0.318 e. The monoisotopic (exact) mass is 397 g/mol. The highest BCUT2D eigenvalue weighted by molar-refractivity contribution is 5.86. The van der Waals surface area contributed by atoms with E-state index < -0.39 is 6.04 Å². The predicted octanol–water partition coefficient (Wildman–Crippen LogP) is 1.63. The fourth-order valence-corrected chi connectivity index (χ4v) is 3.21. The second-order valence-corrected chi connectivity index (χ2v) is 6.86. The molecule has 1 atom stereocenters. The molecule has 1 aromatic carbocycles. The number of aromatic nitrogens is 1. The predicted molar refractivity (Wildman–Crippen MR) is 111 cm³/mol. The van der Waals surface area contributed by atoms with Crippen molar-refractivity contribution in [2.24, 2.45) is 0 Å². The maximum Gasteiger partial charge on any atom is 0.318 e. The van der Waals surface area contributed by atoms with Crippen molar-refractivity contribution >= 4 is 17.8 Å². The van der Waals surface area contributed by atoms with Gasteiger partial charge in [-0.2, -0.15) is 0 Å². The van der Waals surface area contributed by atoms with Crippen molar-refractivity contribution < 1.29 is 14.3 Å². The first kappa shape index (κ1) is 20.4. The number of hydrogen-bond acceptors (Lipinski definition) is 5. The molecule has 0 aliphatic carbocycles. The summed E-state index contributed by atoms with van der Waals surface area (Å²) in [6.45, 7) is 4.60. The summed E-state index contributed by atoms with van der Waals surface area (Å²) in [5.74, 6) is 1.39. The van der Waals surface area contributed by atoms with Crippen molar-refractivity contribution in [2.45, 2.75) is 19.5 Å². The molecule has 2 aromatic rings. The zero-order valence-electron chi connectivity index (χ0n) is 16.8. The number of anilines is 1. The largest absolute Gasteiger partial charge is 0.496 e. The number of nitrogens with zero attached hydrogens (tertiary/aromatic N) is 3. The van der Waals surface area contributed by atoms with E-state index in [4.69, 9.17) is 4.74 Å². The van der Waals surface area contributed by atoms with Gasteiger partial charge in [0.15, 0.2) is 0 Å². The van der Waals surface area contributed by atoms with Crippen LogP contribution in [0.15, 0.2) is 48.7 Å². The van der Waals surface area contributed by atoms with E-state index in [-0.39, 0.29) is 11.9 Å². The molecule has 1 aliphatic rings. The maximum absolute atomic E-state index is 12.5. The van der Waals surface area contributed by atoms with Crippen LogP contribution in [-0.2, 0) is 11.3 Å². The quantitative estimate of drug-likeness (QED) is 0.774. The van der Waals surface area contributed by atoms with E-state index in [1.54, 1.807) is 25.1 Å². The van der Waals surface area contributed by atoms with Gasteiger partial charge in [0.05, 0.1) is 7.11 Å². The van der Waals surface area contributed by atoms with E-state index in [1.807, 2.05) is 42.5 Å². The fourth-order valence-electron chi connectivity index (χ4n) is 3.21. The molecule has 0 spiro atoms. The van der Waals surface area contributed by atoms with E-state index in [9.17, 15) is 9.59 Å². The minimum absolute atomic E-state index is 0.231. The third kappa shape index (κ3) is 5.37. The number of benzene rings is 1. The number of piperazine rings is 1. The Bertz CT molecular complexity index is 822. The maximum atomic E-state index is 12.5. The summed E-state index contributed by atoms with van der Waals surface area (Å²) in [5.41, 5.74) is 0.882. The Morgan fingerprint density at radius 3 is 2.52 bits per heavy atom. The van der Waals surface area contributed by atoms with E-state index >= 15 is 0 Å². The third-order valence-electron chi connectivity index (χ3n) is 4.92. The van der Waals surface area contributed by atoms with Gasteiger partial charge >= 0.3 is 6.03 Å². The van der Waals surface area contributed by atoms with Crippen LogP contribution in [-0.4, -0.2) is 61.2 Å². The Balaban J connectivity index is 1.44. The van der Waals surface area contributed by atoms with Crippen LogP contribution in [0, 0.1) is 0 Å². The summed E-state index contributed by atoms with van der Waals surface area (Å²) in [4.78, 5) is 33.1. The van der Waals surface area contributed by atoms with Gasteiger partial charge in [0.2, 0.25) is 5.91 Å². The van der Waals surface area contributed by atoms with Crippen LogP contribution < -0.4 is 20.3 Å². The van der Waals surface area contributed by atoms with Crippen molar-refractivity contribution in [1.82, 2.24) is 20.5 Å². The second kappa shape index (κ2) is 9.77. The van der Waals surface area contributed by atoms with Crippen LogP contribution in [0.5, 0.6) is 5.75 Å². The molecular weight excluding hydrogens is 370 g/mol. The third-order valence-corrected chi connectivity index (χ3v) is 4.92. The van der Waals surface area contributed by atoms with Crippen LogP contribution in [0.4, 0.5) is 10.6 Å². The number of amides is 3. The van der Waals surface area contributed by atoms with Crippen molar-refractivity contribution in [3.05, 3.63) is 54.2 Å². The molecule has 3 amide bonds. The van der Waals surface area contributed by atoms with Gasteiger partial charge in [0.25, 0.3) is 0 Å². The van der Waals surface area contributed by atoms with Gasteiger partial charge in [-0.3, -0.25) is 4.79 Å². The highest BCUT2D eigenvalue weighted by atomic mass is 16.5. The van der Waals surface area contributed by atoms with Gasteiger partial charge < -0.3 is 25.2 Å². The first-order chi connectivity index (χ1) is 14.1. The van der Waals surface area contributed by atoms with Crippen LogP contribution in [0.25, 0.3) is 0 Å². The number of carbonyl (C=O) groups excluding carboxylic acids is 2. The summed E-state index contributed by atoms with van der Waals surface area (Å²) < 4.78 is 5.29. The minimum Gasteiger partial charge on any atom is -0.496 e. The summed E-state index contributed by atoms with van der Waals surface area (Å²) in [5, 5.41) is 5.62. The fraction of sp³-hybridized carbons (Fsp3) is 0.381. The first-order valence-corrected chi connectivity index (χ1v) is 9.69. The van der Waals surface area contributed by atoms with Crippen LogP contribution in [0.2, 0.25) is 0 Å². The molecule has 1 fully saturated rings. The zero-order valence-corrected chi connectivity index (χ0v) is 16.8. The first-order valence-electron chi connectivity index (χ1n) is 9.69. The molecule has 0 radical (unpaired) electrons. The molecule has 1 aliphatic heterocycles. The second-order valence-electron chi connectivity index (χ2n) is 6.86. The molecule has 154 valence electrons. The molecule has 29 heavy (non-hydrogen) atoms. The Morgan fingerprint density at radius 1 is 1.10 bits per heavy atom. The average molecular weight is 397 g/mol. The summed E-state index contributed by atoms with van der Waals surface area (Å²) in [6.07, 6.45) is 1.76. The van der Waals surface area contributed by atoms with Gasteiger partial charge in [0, 0.05) is 44.5 Å². The minimum atomic E-state index is -0.633. The molecule has 8 heteroatoms. The number of pyridine rings is 1. The van der Waals surface area contributed by atoms with Crippen molar-refractivity contribution in [1.29, 1.82) is 0 Å². The van der Waals surface area contributed by atoms with Crippen LogP contribution in [0.1, 0.15) is 12.5 Å². The lowest BCUT2D eigenvalue weighted by Crippen LogP contribution is -2.55. The number of para-hydroxylation sites is 1. The lowest BCUT2D eigenvalue weighted by Gasteiger charge is -2.35. The van der Waals surface area contributed by atoms with Gasteiger partial charge in [-0.25, -0.2) is 9.78 Å². The average Bonchev–Trinajstić information content (AvgIpc) is 2.78. The number of nitrogens with one attached hydrogen (secondary N) is 2. The topological polar surface area (TPSA) is 86.8 Å². The van der Waals surface area contributed by atoms with E-state index in [2.05, 4.69) is 20.5 Å². The molecule has 8 nitrogen and oxygen atoms in total. The molecular formula is C21H27N5O3. The van der Waals surface area contributed by atoms with Gasteiger partial charge in [-0.05, 0) is 25.1 Å². The standard InChI is InChI=1S/C21H27N5O3/c1-16(20(27)23-15-17-7-3-4-8-18(17)29-2)24-21(28)26-13-11-25(12-14-26)19-9-5-6-10-22-19/h3-10,16H,11-15H2,1-2H3,(H,23,27)(H,24,28)/t16-/m0/s1. The van der Waals surface area contributed by atoms with Crippen molar-refractivity contribution in [3.8, 4) is 5.75 Å². The molecule has 0 bridgehead atoms. The van der Waals surface area contributed by atoms with Crippen LogP contribution >= 0.6 is 0 Å². The van der Waals surface area contributed by atoms with E-state index in [1.165, 1.54) is 0 Å². The molecule has 2 N–H and O–H groups in total. The highest BCUT2D eigenvalue weighted by Crippen LogP contribution is 2.16. The Hall–Kier alpha value is -3.29. The molecule has 3 rings (SSSR count). The SMILES string of the molecule is COc1ccccc1CNC(=O)[C@H](C)NC(=O)N1CCN(c2ccccn2)CC1. The number of ether oxygens (including phenoxy) is 1. The Morgan fingerprint density at radius 2 is 1.83 bits per heavy atom. The lowest BCUT2D eigenvalue weighted by atomic mass is 10.2. The van der Waals surface area contributed by atoms with E-state index in [0.29, 0.717) is 32.7 Å². The van der Waals surface area contributed by atoms with Gasteiger partial charge in [-0.1, -0.05) is 24.3 Å². The number of methoxy groups -OCH3 is 1. The number of carbonyl (C=O) groups is 2. The Labute approximate surface area is 170 Å². The summed E-state index contributed by atoms with van der Waals surface area (Å²) in [7, 11) is 1.59. The van der Waals surface area contributed by atoms with Gasteiger partial charge in [-0.15, -0.1) is 0 Å². The summed E-state index contributed by atoms with van der Waals surface area (Å²) in [6, 6.07) is 12.4. The number of rotatable bonds is 6.